The Balaban J connectivity index is 4.66. The first-order valence-electron chi connectivity index (χ1n) is 7.03. The molecule has 19 heavy (non-hydrogen) atoms. The number of carbonyl (C=O) groups is 2. The highest BCUT2D eigenvalue weighted by atomic mass is 16.6. The van der Waals surface area contributed by atoms with Crippen molar-refractivity contribution in [3.63, 3.8) is 0 Å². The summed E-state index contributed by atoms with van der Waals surface area (Å²) in [4.78, 5) is 23.4. The lowest BCUT2D eigenvalue weighted by Gasteiger charge is -2.29. The maximum Gasteiger partial charge on any atom is 0.350 e. The molecule has 0 fully saturated rings. The lowest BCUT2D eigenvalue weighted by molar-refractivity contribution is -0.184. The molecular formula is C15H28O4. The van der Waals surface area contributed by atoms with Gasteiger partial charge in [0.05, 0.1) is 0 Å². The average Bonchev–Trinajstić information content (AvgIpc) is 2.26. The Bertz CT molecular complexity index is 305. The van der Waals surface area contributed by atoms with Crippen molar-refractivity contribution in [3.8, 4) is 0 Å². The molecular weight excluding hydrogens is 244 g/mol. The van der Waals surface area contributed by atoms with E-state index >= 15 is 0 Å². The second-order valence-electron chi connectivity index (χ2n) is 6.16. The molecule has 0 aliphatic carbocycles. The zero-order valence-corrected chi connectivity index (χ0v) is 13.3. The van der Waals surface area contributed by atoms with Gasteiger partial charge in [0.1, 0.15) is 6.10 Å². The molecule has 1 atom stereocenters. The van der Waals surface area contributed by atoms with Gasteiger partial charge >= 0.3 is 11.9 Å². The summed E-state index contributed by atoms with van der Waals surface area (Å²) in [5.74, 6) is -0.189. The molecule has 0 bridgehead atoms. The van der Waals surface area contributed by atoms with Crippen LogP contribution in [0.3, 0.4) is 0 Å². The summed E-state index contributed by atoms with van der Waals surface area (Å²) in [5, 5.41) is 0. The third-order valence-electron chi connectivity index (χ3n) is 2.85. The fourth-order valence-electron chi connectivity index (χ4n) is 1.60. The minimum atomic E-state index is -1.22. The van der Waals surface area contributed by atoms with Gasteiger partial charge in [-0.05, 0) is 32.1 Å². The van der Waals surface area contributed by atoms with Crippen LogP contribution < -0.4 is 0 Å². The monoisotopic (exact) mass is 272 g/mol. The first-order chi connectivity index (χ1) is 8.60. The van der Waals surface area contributed by atoms with Crippen molar-refractivity contribution in [1.29, 1.82) is 0 Å². The normalized spacial score (nSPS) is 13.5. The van der Waals surface area contributed by atoms with E-state index in [4.69, 9.17) is 9.47 Å². The molecule has 4 heteroatoms. The van der Waals surface area contributed by atoms with Crippen molar-refractivity contribution in [2.45, 2.75) is 73.0 Å². The average molecular weight is 272 g/mol. The summed E-state index contributed by atoms with van der Waals surface area (Å²) in [7, 11) is 0. The summed E-state index contributed by atoms with van der Waals surface area (Å²) in [5.41, 5.74) is -1.22. The number of ether oxygens (including phenoxy) is 2. The number of carbonyl (C=O) groups excluding carboxylic acids is 2. The predicted octanol–water partition coefficient (Wildman–Crippen LogP) is 3.33. The van der Waals surface area contributed by atoms with E-state index in [1.54, 1.807) is 20.8 Å². The molecule has 0 N–H and O–H groups in total. The highest BCUT2D eigenvalue weighted by molar-refractivity contribution is 5.82. The van der Waals surface area contributed by atoms with Crippen molar-refractivity contribution in [2.75, 3.05) is 0 Å². The standard InChI is InChI=1S/C15H28O4/c1-8-13(16)19-15(6,7)14(17)18-12(11(4)5)9-10(2)3/h10-12H,8-9H2,1-7H3. The third-order valence-corrected chi connectivity index (χ3v) is 2.85. The van der Waals surface area contributed by atoms with Crippen LogP contribution in [-0.2, 0) is 19.1 Å². The van der Waals surface area contributed by atoms with Crippen LogP contribution >= 0.6 is 0 Å². The van der Waals surface area contributed by atoms with Crippen molar-refractivity contribution >= 4 is 11.9 Å². The molecule has 1 unspecified atom stereocenters. The van der Waals surface area contributed by atoms with Gasteiger partial charge in [0, 0.05) is 6.42 Å². The van der Waals surface area contributed by atoms with E-state index in [-0.39, 0.29) is 18.4 Å². The fourth-order valence-corrected chi connectivity index (χ4v) is 1.60. The van der Waals surface area contributed by atoms with Crippen molar-refractivity contribution in [3.05, 3.63) is 0 Å². The molecule has 0 rings (SSSR count). The molecule has 112 valence electrons. The quantitative estimate of drug-likeness (QED) is 0.667. The first-order valence-corrected chi connectivity index (χ1v) is 7.03. The number of hydrogen-bond acceptors (Lipinski definition) is 4. The molecule has 0 aliphatic heterocycles. The Hall–Kier alpha value is -1.06. The van der Waals surface area contributed by atoms with Crippen LogP contribution in [0.4, 0.5) is 0 Å². The van der Waals surface area contributed by atoms with Gasteiger partial charge in [0.15, 0.2) is 0 Å². The minimum absolute atomic E-state index is 0.146. The van der Waals surface area contributed by atoms with Gasteiger partial charge in [-0.3, -0.25) is 4.79 Å². The zero-order chi connectivity index (χ0) is 15.2. The van der Waals surface area contributed by atoms with Gasteiger partial charge in [-0.25, -0.2) is 4.79 Å². The van der Waals surface area contributed by atoms with Crippen LogP contribution in [0.15, 0.2) is 0 Å². The van der Waals surface area contributed by atoms with Gasteiger partial charge in [-0.15, -0.1) is 0 Å². The maximum atomic E-state index is 12.1. The van der Waals surface area contributed by atoms with Crippen LogP contribution in [0.25, 0.3) is 0 Å². The second-order valence-corrected chi connectivity index (χ2v) is 6.16. The van der Waals surface area contributed by atoms with Crippen molar-refractivity contribution < 1.29 is 19.1 Å². The number of esters is 2. The van der Waals surface area contributed by atoms with Gasteiger partial charge in [-0.2, -0.15) is 0 Å². The fraction of sp³-hybridized carbons (Fsp3) is 0.867. The van der Waals surface area contributed by atoms with E-state index in [1.807, 2.05) is 13.8 Å². The maximum absolute atomic E-state index is 12.1. The van der Waals surface area contributed by atoms with Crippen LogP contribution in [-0.4, -0.2) is 23.6 Å². The number of hydrogen-bond donors (Lipinski definition) is 0. The second kappa shape index (κ2) is 7.51. The van der Waals surface area contributed by atoms with Crippen LogP contribution in [0.5, 0.6) is 0 Å². The Labute approximate surface area is 116 Å². The molecule has 0 saturated heterocycles. The lowest BCUT2D eigenvalue weighted by atomic mass is 9.97. The molecule has 0 aromatic carbocycles. The van der Waals surface area contributed by atoms with Crippen molar-refractivity contribution in [1.82, 2.24) is 0 Å². The summed E-state index contributed by atoms with van der Waals surface area (Å²) in [6.07, 6.45) is 0.907. The van der Waals surface area contributed by atoms with E-state index in [9.17, 15) is 9.59 Å². The van der Waals surface area contributed by atoms with Gasteiger partial charge < -0.3 is 9.47 Å². The molecule has 0 amide bonds. The van der Waals surface area contributed by atoms with E-state index < -0.39 is 17.5 Å². The summed E-state index contributed by atoms with van der Waals surface area (Å²) in [6, 6.07) is 0. The Morgan fingerprint density at radius 1 is 1.11 bits per heavy atom. The largest absolute Gasteiger partial charge is 0.459 e. The predicted molar refractivity (Wildman–Crippen MR) is 74.6 cm³/mol. The highest BCUT2D eigenvalue weighted by Gasteiger charge is 2.35. The SMILES string of the molecule is CCC(=O)OC(C)(C)C(=O)OC(CC(C)C)C(C)C. The Morgan fingerprint density at radius 3 is 2.00 bits per heavy atom. The highest BCUT2D eigenvalue weighted by Crippen LogP contribution is 2.21. The summed E-state index contributed by atoms with van der Waals surface area (Å²) in [6.45, 7) is 13.0. The minimum Gasteiger partial charge on any atom is -0.459 e. The Morgan fingerprint density at radius 2 is 1.63 bits per heavy atom. The molecule has 0 saturated carbocycles. The smallest absolute Gasteiger partial charge is 0.350 e. The van der Waals surface area contributed by atoms with E-state index in [1.165, 1.54) is 0 Å². The lowest BCUT2D eigenvalue weighted by Crippen LogP contribution is -2.41. The van der Waals surface area contributed by atoms with E-state index in [0.29, 0.717) is 5.92 Å². The number of rotatable bonds is 7. The van der Waals surface area contributed by atoms with Crippen LogP contribution in [0, 0.1) is 11.8 Å². The topological polar surface area (TPSA) is 52.6 Å². The van der Waals surface area contributed by atoms with E-state index in [2.05, 4.69) is 13.8 Å². The molecule has 0 aliphatic rings. The molecule has 0 aromatic rings. The molecule has 0 aromatic heterocycles. The van der Waals surface area contributed by atoms with Crippen LogP contribution in [0.1, 0.15) is 61.3 Å². The first kappa shape index (κ1) is 17.9. The van der Waals surface area contributed by atoms with Gasteiger partial charge in [-0.1, -0.05) is 34.6 Å². The third kappa shape index (κ3) is 6.60. The molecule has 0 heterocycles. The summed E-state index contributed by atoms with van der Waals surface area (Å²) >= 11 is 0. The summed E-state index contributed by atoms with van der Waals surface area (Å²) < 4.78 is 10.6. The Kier molecular flexibility index (Phi) is 7.09. The van der Waals surface area contributed by atoms with Gasteiger partial charge in [0.25, 0.3) is 0 Å². The van der Waals surface area contributed by atoms with Gasteiger partial charge in [0.2, 0.25) is 5.60 Å². The molecule has 0 spiro atoms. The van der Waals surface area contributed by atoms with E-state index in [0.717, 1.165) is 6.42 Å². The molecule has 4 nitrogen and oxygen atoms in total. The zero-order valence-electron chi connectivity index (χ0n) is 13.3. The van der Waals surface area contributed by atoms with Crippen molar-refractivity contribution in [2.24, 2.45) is 11.8 Å². The van der Waals surface area contributed by atoms with Crippen LogP contribution in [0.2, 0.25) is 0 Å². The molecule has 0 radical (unpaired) electrons.